The fourth-order valence-electron chi connectivity index (χ4n) is 5.97. The Morgan fingerprint density at radius 1 is 0.590 bits per heavy atom. The molecule has 0 bridgehead atoms. The molecule has 8 aromatic rings. The SMILES string of the molecule is N#Cc1ccc2c(c1)nc(-c1ccccc1)n2-c1ccc(-c2ccc3ccc4cccc5ccc2c3c45)cc1. The van der Waals surface area contributed by atoms with E-state index in [2.05, 4.69) is 102 Å². The van der Waals surface area contributed by atoms with Crippen LogP contribution >= 0.6 is 0 Å². The monoisotopic (exact) mass is 495 g/mol. The van der Waals surface area contributed by atoms with Crippen LogP contribution in [0.5, 0.6) is 0 Å². The number of rotatable bonds is 3. The lowest BCUT2D eigenvalue weighted by atomic mass is 9.90. The molecule has 1 aromatic heterocycles. The average Bonchev–Trinajstić information content (AvgIpc) is 3.39. The van der Waals surface area contributed by atoms with E-state index < -0.39 is 0 Å². The maximum absolute atomic E-state index is 9.43. The first-order valence-electron chi connectivity index (χ1n) is 13.0. The summed E-state index contributed by atoms with van der Waals surface area (Å²) in [5.74, 6) is 0.858. The lowest BCUT2D eigenvalue weighted by Crippen LogP contribution is -1.97. The Balaban J connectivity index is 1.31. The van der Waals surface area contributed by atoms with Gasteiger partial charge in [-0.3, -0.25) is 4.57 Å². The number of nitrogens with zero attached hydrogens (tertiary/aromatic N) is 3. The zero-order valence-electron chi connectivity index (χ0n) is 21.0. The van der Waals surface area contributed by atoms with Crippen LogP contribution in [-0.2, 0) is 0 Å². The molecule has 1 heterocycles. The standard InChI is InChI=1S/C36H21N3/c37-22-23-9-20-33-32(21-23)38-36(28-5-2-1-3-6-28)39(33)29-16-12-24(13-17-29)30-18-14-27-11-10-25-7-4-8-26-15-19-31(30)35(27)34(25)26/h1-21H. The second-order valence-electron chi connectivity index (χ2n) is 9.97. The molecule has 0 saturated carbocycles. The molecule has 180 valence electrons. The van der Waals surface area contributed by atoms with Crippen molar-refractivity contribution in [1.82, 2.24) is 9.55 Å². The van der Waals surface area contributed by atoms with Gasteiger partial charge in [0.05, 0.1) is 22.7 Å². The first-order chi connectivity index (χ1) is 19.3. The van der Waals surface area contributed by atoms with Crippen molar-refractivity contribution in [2.75, 3.05) is 0 Å². The van der Waals surface area contributed by atoms with Gasteiger partial charge in [0.15, 0.2) is 0 Å². The molecule has 0 spiro atoms. The van der Waals surface area contributed by atoms with Gasteiger partial charge < -0.3 is 0 Å². The van der Waals surface area contributed by atoms with Crippen molar-refractivity contribution in [3.8, 4) is 34.3 Å². The zero-order chi connectivity index (χ0) is 25.9. The average molecular weight is 496 g/mol. The second kappa shape index (κ2) is 8.28. The normalized spacial score (nSPS) is 11.6. The Bertz CT molecular complexity index is 2200. The van der Waals surface area contributed by atoms with Crippen molar-refractivity contribution in [1.29, 1.82) is 5.26 Å². The molecule has 3 heteroatoms. The molecule has 0 atom stereocenters. The highest BCUT2D eigenvalue weighted by Gasteiger charge is 2.16. The third-order valence-corrected chi connectivity index (χ3v) is 7.78. The van der Waals surface area contributed by atoms with Crippen molar-refractivity contribution in [2.24, 2.45) is 0 Å². The predicted molar refractivity (Wildman–Crippen MR) is 160 cm³/mol. The van der Waals surface area contributed by atoms with Crippen LogP contribution in [0.3, 0.4) is 0 Å². The summed E-state index contributed by atoms with van der Waals surface area (Å²) in [6.45, 7) is 0. The number of nitriles is 1. The van der Waals surface area contributed by atoms with E-state index in [-0.39, 0.29) is 0 Å². The van der Waals surface area contributed by atoms with Gasteiger partial charge in [-0.2, -0.15) is 5.26 Å². The number of fused-ring (bicyclic) bond motifs is 1. The van der Waals surface area contributed by atoms with Crippen LogP contribution in [0.4, 0.5) is 0 Å². The van der Waals surface area contributed by atoms with Crippen LogP contribution in [-0.4, -0.2) is 9.55 Å². The van der Waals surface area contributed by atoms with Gasteiger partial charge in [-0.25, -0.2) is 4.98 Å². The highest BCUT2D eigenvalue weighted by Crippen LogP contribution is 2.39. The van der Waals surface area contributed by atoms with Crippen LogP contribution in [0, 0.1) is 11.3 Å². The van der Waals surface area contributed by atoms with Crippen molar-refractivity contribution in [3.05, 3.63) is 133 Å². The Hall–Kier alpha value is -5.46. The van der Waals surface area contributed by atoms with Gasteiger partial charge in [-0.1, -0.05) is 97.1 Å². The highest BCUT2D eigenvalue weighted by molar-refractivity contribution is 6.25. The van der Waals surface area contributed by atoms with Crippen LogP contribution in [0.25, 0.3) is 71.6 Å². The summed E-state index contributed by atoms with van der Waals surface area (Å²) >= 11 is 0. The summed E-state index contributed by atoms with van der Waals surface area (Å²) in [5.41, 5.74) is 6.85. The fourth-order valence-corrected chi connectivity index (χ4v) is 5.97. The Labute approximate surface area is 225 Å². The molecule has 0 amide bonds. The largest absolute Gasteiger partial charge is 0.292 e. The van der Waals surface area contributed by atoms with Crippen molar-refractivity contribution in [2.45, 2.75) is 0 Å². The van der Waals surface area contributed by atoms with Gasteiger partial charge in [0.2, 0.25) is 0 Å². The first kappa shape index (κ1) is 21.6. The third-order valence-electron chi connectivity index (χ3n) is 7.78. The van der Waals surface area contributed by atoms with E-state index in [0.717, 1.165) is 28.1 Å². The van der Waals surface area contributed by atoms with Gasteiger partial charge in [0.1, 0.15) is 5.82 Å². The molecule has 0 saturated heterocycles. The Morgan fingerprint density at radius 2 is 1.31 bits per heavy atom. The Morgan fingerprint density at radius 3 is 2.08 bits per heavy atom. The summed E-state index contributed by atoms with van der Waals surface area (Å²) < 4.78 is 2.18. The van der Waals surface area contributed by atoms with Crippen molar-refractivity contribution in [3.63, 3.8) is 0 Å². The van der Waals surface area contributed by atoms with Crippen molar-refractivity contribution < 1.29 is 0 Å². The number of benzene rings is 7. The van der Waals surface area contributed by atoms with E-state index in [4.69, 9.17) is 4.98 Å². The number of imidazole rings is 1. The van der Waals surface area contributed by atoms with Crippen LogP contribution in [0.15, 0.2) is 127 Å². The molecule has 0 aliphatic carbocycles. The summed E-state index contributed by atoms with van der Waals surface area (Å²) in [7, 11) is 0. The summed E-state index contributed by atoms with van der Waals surface area (Å²) in [6, 6.07) is 46.8. The molecule has 0 aliphatic heterocycles. The molecule has 0 radical (unpaired) electrons. The van der Waals surface area contributed by atoms with E-state index >= 15 is 0 Å². The first-order valence-corrected chi connectivity index (χ1v) is 13.0. The minimum atomic E-state index is 0.608. The molecule has 7 aromatic carbocycles. The van der Waals surface area contributed by atoms with Crippen LogP contribution in [0.2, 0.25) is 0 Å². The quantitative estimate of drug-likeness (QED) is 0.229. The summed E-state index contributed by atoms with van der Waals surface area (Å²) in [5, 5.41) is 17.2. The van der Waals surface area contributed by atoms with Crippen molar-refractivity contribution >= 4 is 43.4 Å². The number of aromatic nitrogens is 2. The molecule has 0 fully saturated rings. The van der Waals surface area contributed by atoms with E-state index in [0.29, 0.717) is 5.56 Å². The lowest BCUT2D eigenvalue weighted by Gasteiger charge is -2.15. The van der Waals surface area contributed by atoms with E-state index in [1.165, 1.54) is 43.4 Å². The molecular weight excluding hydrogens is 474 g/mol. The van der Waals surface area contributed by atoms with Crippen LogP contribution < -0.4 is 0 Å². The lowest BCUT2D eigenvalue weighted by molar-refractivity contribution is 1.10. The van der Waals surface area contributed by atoms with E-state index in [1.54, 1.807) is 0 Å². The number of hydrogen-bond donors (Lipinski definition) is 0. The summed E-state index contributed by atoms with van der Waals surface area (Å²) in [4.78, 5) is 4.95. The highest BCUT2D eigenvalue weighted by atomic mass is 15.1. The van der Waals surface area contributed by atoms with E-state index in [1.807, 2.05) is 36.4 Å². The second-order valence-corrected chi connectivity index (χ2v) is 9.97. The Kier molecular flexibility index (Phi) is 4.59. The molecule has 8 rings (SSSR count). The van der Waals surface area contributed by atoms with Gasteiger partial charge in [-0.05, 0) is 73.8 Å². The van der Waals surface area contributed by atoms with Gasteiger partial charge in [0, 0.05) is 11.3 Å². The molecule has 0 aliphatic rings. The maximum atomic E-state index is 9.43. The maximum Gasteiger partial charge on any atom is 0.145 e. The molecule has 39 heavy (non-hydrogen) atoms. The van der Waals surface area contributed by atoms with Gasteiger partial charge in [-0.15, -0.1) is 0 Å². The summed E-state index contributed by atoms with van der Waals surface area (Å²) in [6.07, 6.45) is 0. The minimum absolute atomic E-state index is 0.608. The molecule has 3 nitrogen and oxygen atoms in total. The van der Waals surface area contributed by atoms with E-state index in [9.17, 15) is 5.26 Å². The van der Waals surface area contributed by atoms with Gasteiger partial charge in [0.25, 0.3) is 0 Å². The fraction of sp³-hybridized carbons (Fsp3) is 0. The van der Waals surface area contributed by atoms with Crippen LogP contribution in [0.1, 0.15) is 5.56 Å². The zero-order valence-corrected chi connectivity index (χ0v) is 21.0. The molecule has 0 unspecified atom stereocenters. The number of hydrogen-bond acceptors (Lipinski definition) is 2. The topological polar surface area (TPSA) is 41.6 Å². The smallest absolute Gasteiger partial charge is 0.145 e. The van der Waals surface area contributed by atoms with Gasteiger partial charge >= 0.3 is 0 Å². The third kappa shape index (κ3) is 3.26. The predicted octanol–water partition coefficient (Wildman–Crippen LogP) is 9.13. The molecular formula is C36H21N3. The molecule has 0 N–H and O–H groups in total. The minimum Gasteiger partial charge on any atom is -0.292 e.